The number of hydrogen-bond donors (Lipinski definition) is 1. The van der Waals surface area contributed by atoms with E-state index in [9.17, 15) is 9.90 Å². The normalized spacial score (nSPS) is 15.0. The first-order valence-electron chi connectivity index (χ1n) is 16.3. The molecule has 0 spiro atoms. The molecule has 1 N–H and O–H groups in total. The Bertz CT molecular complexity index is 1460. The zero-order valence-electron chi connectivity index (χ0n) is 26.6. The zero-order valence-corrected chi connectivity index (χ0v) is 26.6. The highest BCUT2D eigenvalue weighted by molar-refractivity contribution is 5.90. The summed E-state index contributed by atoms with van der Waals surface area (Å²) in [5.41, 5.74) is 4.55. The maximum absolute atomic E-state index is 14.3. The van der Waals surface area contributed by atoms with Crippen LogP contribution >= 0.6 is 0 Å². The first-order chi connectivity index (χ1) is 21.9. The predicted molar refractivity (Wildman–Crippen MR) is 181 cm³/mol. The number of aliphatic hydroxyl groups is 1. The molecule has 4 aromatic carbocycles. The van der Waals surface area contributed by atoms with Crippen LogP contribution in [0.5, 0.6) is 11.5 Å². The molecule has 1 heterocycles. The van der Waals surface area contributed by atoms with Crippen molar-refractivity contribution in [3.63, 3.8) is 0 Å². The van der Waals surface area contributed by atoms with Crippen LogP contribution in [-0.4, -0.2) is 23.8 Å². The van der Waals surface area contributed by atoms with Gasteiger partial charge in [-0.05, 0) is 84.2 Å². The molecule has 0 bridgehead atoms. The molecule has 1 aliphatic heterocycles. The van der Waals surface area contributed by atoms with Crippen molar-refractivity contribution in [1.29, 1.82) is 0 Å². The molecule has 45 heavy (non-hydrogen) atoms. The van der Waals surface area contributed by atoms with Gasteiger partial charge in [-0.1, -0.05) is 117 Å². The van der Waals surface area contributed by atoms with Crippen molar-refractivity contribution in [2.45, 2.75) is 58.0 Å². The number of aliphatic hydroxyl groups excluding tert-OH is 1. The van der Waals surface area contributed by atoms with Gasteiger partial charge in [0, 0.05) is 5.92 Å². The molecule has 0 aromatic heterocycles. The summed E-state index contributed by atoms with van der Waals surface area (Å²) in [7, 11) is 0. The lowest BCUT2D eigenvalue weighted by atomic mass is 9.72. The van der Waals surface area contributed by atoms with E-state index < -0.39 is 12.0 Å². The van der Waals surface area contributed by atoms with Crippen LogP contribution < -0.4 is 9.47 Å². The molecular formula is C41H46O4. The minimum absolute atomic E-state index is 0.0528. The van der Waals surface area contributed by atoms with Crippen LogP contribution in [0.1, 0.15) is 54.9 Å². The van der Waals surface area contributed by atoms with E-state index in [1.807, 2.05) is 36.4 Å². The SMILES string of the molecule is C=CC(C(=O)C(CC(C)C)C[C@@H](O)[C@H](Cc1ccccc1)C(Cc1ccccc1)Cc1ccccc1)c1ccc2c(c1)OCO2. The Balaban J connectivity index is 1.45. The highest BCUT2D eigenvalue weighted by Gasteiger charge is 2.35. The van der Waals surface area contributed by atoms with E-state index >= 15 is 0 Å². The molecule has 2 unspecified atom stereocenters. The van der Waals surface area contributed by atoms with Crippen LogP contribution in [0, 0.1) is 23.7 Å². The summed E-state index contributed by atoms with van der Waals surface area (Å²) < 4.78 is 11.1. The maximum Gasteiger partial charge on any atom is 0.231 e. The quantitative estimate of drug-likeness (QED) is 0.131. The molecule has 0 saturated heterocycles. The lowest BCUT2D eigenvalue weighted by Crippen LogP contribution is -2.36. The summed E-state index contributed by atoms with van der Waals surface area (Å²) in [6.45, 7) is 8.52. The lowest BCUT2D eigenvalue weighted by molar-refractivity contribution is -0.125. The third kappa shape index (κ3) is 8.73. The number of ether oxygens (including phenoxy) is 2. The molecular weight excluding hydrogens is 556 g/mol. The van der Waals surface area contributed by atoms with Gasteiger partial charge < -0.3 is 14.6 Å². The summed E-state index contributed by atoms with van der Waals surface area (Å²) in [4.78, 5) is 14.3. The summed E-state index contributed by atoms with van der Waals surface area (Å²) in [6.07, 6.45) is 4.60. The summed E-state index contributed by atoms with van der Waals surface area (Å²) >= 11 is 0. The second kappa shape index (κ2) is 15.7. The van der Waals surface area contributed by atoms with Crippen LogP contribution in [0.2, 0.25) is 0 Å². The van der Waals surface area contributed by atoms with Crippen molar-refractivity contribution in [3.8, 4) is 11.5 Å². The van der Waals surface area contributed by atoms with Crippen molar-refractivity contribution in [2.75, 3.05) is 6.79 Å². The number of fused-ring (bicyclic) bond motifs is 1. The second-order valence-electron chi connectivity index (χ2n) is 12.9. The Kier molecular flexibility index (Phi) is 11.3. The van der Waals surface area contributed by atoms with E-state index in [1.165, 1.54) is 16.7 Å². The molecule has 4 atom stereocenters. The van der Waals surface area contributed by atoms with Gasteiger partial charge in [-0.15, -0.1) is 6.58 Å². The van der Waals surface area contributed by atoms with E-state index in [-0.39, 0.29) is 30.3 Å². The van der Waals surface area contributed by atoms with Gasteiger partial charge in [0.2, 0.25) is 6.79 Å². The number of rotatable bonds is 16. The largest absolute Gasteiger partial charge is 0.454 e. The van der Waals surface area contributed by atoms with Crippen molar-refractivity contribution >= 4 is 5.78 Å². The Morgan fingerprint density at radius 2 is 1.29 bits per heavy atom. The van der Waals surface area contributed by atoms with Gasteiger partial charge in [-0.3, -0.25) is 4.79 Å². The summed E-state index contributed by atoms with van der Waals surface area (Å²) in [6, 6.07) is 37.3. The van der Waals surface area contributed by atoms with Gasteiger partial charge in [0.1, 0.15) is 5.78 Å². The van der Waals surface area contributed by atoms with Crippen LogP contribution in [0.15, 0.2) is 122 Å². The average molecular weight is 603 g/mol. The van der Waals surface area contributed by atoms with Crippen LogP contribution in [0.4, 0.5) is 0 Å². The van der Waals surface area contributed by atoms with Gasteiger partial charge in [0.05, 0.1) is 12.0 Å². The van der Waals surface area contributed by atoms with Gasteiger partial charge in [-0.2, -0.15) is 0 Å². The minimum atomic E-state index is -0.669. The fourth-order valence-electron chi connectivity index (χ4n) is 6.85. The molecule has 234 valence electrons. The number of ketones is 1. The van der Waals surface area contributed by atoms with Gasteiger partial charge in [0.25, 0.3) is 0 Å². The fourth-order valence-corrected chi connectivity index (χ4v) is 6.85. The van der Waals surface area contributed by atoms with E-state index in [0.717, 1.165) is 24.8 Å². The van der Waals surface area contributed by atoms with Crippen LogP contribution in [0.25, 0.3) is 0 Å². The number of carbonyl (C=O) groups excluding carboxylic acids is 1. The van der Waals surface area contributed by atoms with E-state index in [4.69, 9.17) is 9.47 Å². The zero-order chi connectivity index (χ0) is 31.6. The molecule has 4 heteroatoms. The molecule has 5 rings (SSSR count). The monoisotopic (exact) mass is 602 g/mol. The van der Waals surface area contributed by atoms with Gasteiger partial charge >= 0.3 is 0 Å². The number of hydrogen-bond acceptors (Lipinski definition) is 4. The maximum atomic E-state index is 14.3. The smallest absolute Gasteiger partial charge is 0.231 e. The Morgan fingerprint density at radius 1 is 0.756 bits per heavy atom. The lowest BCUT2D eigenvalue weighted by Gasteiger charge is -2.34. The molecule has 1 aliphatic rings. The number of allylic oxidation sites excluding steroid dienone is 1. The third-order valence-electron chi connectivity index (χ3n) is 9.08. The molecule has 4 nitrogen and oxygen atoms in total. The Labute approximate surface area is 268 Å². The van der Waals surface area contributed by atoms with E-state index in [2.05, 4.69) is 93.2 Å². The predicted octanol–water partition coefficient (Wildman–Crippen LogP) is 8.63. The van der Waals surface area contributed by atoms with E-state index in [0.29, 0.717) is 30.3 Å². The first-order valence-corrected chi connectivity index (χ1v) is 16.3. The minimum Gasteiger partial charge on any atom is -0.454 e. The molecule has 0 radical (unpaired) electrons. The van der Waals surface area contributed by atoms with E-state index in [1.54, 1.807) is 6.08 Å². The van der Waals surface area contributed by atoms with Crippen molar-refractivity contribution in [3.05, 3.63) is 144 Å². The third-order valence-corrected chi connectivity index (χ3v) is 9.08. The summed E-state index contributed by atoms with van der Waals surface area (Å²) in [5, 5.41) is 12.3. The van der Waals surface area contributed by atoms with Crippen molar-refractivity contribution in [2.24, 2.45) is 23.7 Å². The standard InChI is InChI=1S/C41H46O4/c1-4-36(33-20-21-39-40(27-33)45-28-44-39)41(43)35(22-29(2)3)26-38(42)37(25-32-18-12-7-13-19-32)34(23-30-14-8-5-9-15-30)24-31-16-10-6-11-17-31/h4-21,27,29,34-38,42H,1,22-26,28H2,2-3H3/t35?,36?,37-,38-/m1/s1. The van der Waals surface area contributed by atoms with Gasteiger partial charge in [-0.25, -0.2) is 0 Å². The van der Waals surface area contributed by atoms with Gasteiger partial charge in [0.15, 0.2) is 11.5 Å². The van der Waals surface area contributed by atoms with Crippen LogP contribution in [-0.2, 0) is 24.1 Å². The topological polar surface area (TPSA) is 55.8 Å². The fraction of sp³-hybridized carbons (Fsp3) is 0.341. The molecule has 4 aromatic rings. The van der Waals surface area contributed by atoms with Crippen molar-refractivity contribution in [1.82, 2.24) is 0 Å². The Hall–Kier alpha value is -4.15. The number of Topliss-reactive ketones (excluding diaryl/α,β-unsaturated/α-hetero) is 1. The first kappa shape index (κ1) is 32.2. The number of carbonyl (C=O) groups is 1. The highest BCUT2D eigenvalue weighted by atomic mass is 16.7. The summed E-state index contributed by atoms with van der Waals surface area (Å²) in [5.74, 6) is 1.04. The van der Waals surface area contributed by atoms with Crippen molar-refractivity contribution < 1.29 is 19.4 Å². The highest BCUT2D eigenvalue weighted by Crippen LogP contribution is 2.38. The molecule has 0 fully saturated rings. The molecule has 0 saturated carbocycles. The van der Waals surface area contributed by atoms with Crippen LogP contribution in [0.3, 0.4) is 0 Å². The second-order valence-corrected chi connectivity index (χ2v) is 12.9. The Morgan fingerprint density at radius 3 is 1.82 bits per heavy atom. The molecule has 0 amide bonds. The average Bonchev–Trinajstić information content (AvgIpc) is 3.53. The molecule has 0 aliphatic carbocycles. The number of benzene rings is 4.